The quantitative estimate of drug-likeness (QED) is 0.0598. The van der Waals surface area contributed by atoms with Crippen molar-refractivity contribution in [3.05, 3.63) is 0 Å². The molecule has 2 N–H and O–H groups in total. The molecule has 0 rings (SSSR count). The fourth-order valence-electron chi connectivity index (χ4n) is 4.05. The molecule has 0 spiro atoms. The maximum atomic E-state index is 14.2. The van der Waals surface area contributed by atoms with Gasteiger partial charge in [-0.2, -0.15) is 35.1 Å². The molecular weight excluding hydrogens is 708 g/mol. The predicted molar refractivity (Wildman–Crippen MR) is 159 cm³/mol. The average molecular weight is 757 g/mol. The van der Waals surface area contributed by atoms with Crippen LogP contribution in [0.5, 0.6) is 0 Å². The molecule has 0 fully saturated rings. The first-order chi connectivity index (χ1) is 22.3. The van der Waals surface area contributed by atoms with Crippen LogP contribution in [-0.4, -0.2) is 119 Å². The fraction of sp³-hybridized carbons (Fsp3) is 0.923. The molecule has 0 aliphatic heterocycles. The molecule has 0 heterocycles. The number of ether oxygens (including phenoxy) is 2. The Kier molecular flexibility index (Phi) is 20.6. The molecule has 0 saturated carbocycles. The lowest BCUT2D eigenvalue weighted by molar-refractivity contribution is -0.373. The summed E-state index contributed by atoms with van der Waals surface area (Å²) in [4.78, 5) is 23.6. The summed E-state index contributed by atoms with van der Waals surface area (Å²) in [7, 11) is -6.26. The lowest BCUT2D eigenvalue weighted by atomic mass is 9.99. The SMILES string of the molecule is CCO[Si](CCCNC(=O)OCC(F)(F)C(F)(F)C(F)(F)C(F)(F)COC(=O)NCCC[Si](OCC)(OCC)OCC)(OCC)OCC. The molecule has 0 saturated heterocycles. The lowest BCUT2D eigenvalue weighted by Gasteiger charge is -2.36. The molecule has 22 heteroatoms. The Morgan fingerprint density at radius 1 is 0.500 bits per heavy atom. The van der Waals surface area contributed by atoms with E-state index in [4.69, 9.17) is 26.6 Å². The van der Waals surface area contributed by atoms with Crippen LogP contribution in [-0.2, 0) is 36.0 Å². The van der Waals surface area contributed by atoms with Gasteiger partial charge in [0, 0.05) is 64.8 Å². The van der Waals surface area contributed by atoms with E-state index in [2.05, 4.69) is 9.47 Å². The Labute approximate surface area is 277 Å². The van der Waals surface area contributed by atoms with Crippen LogP contribution in [0.3, 0.4) is 0 Å². The smallest absolute Gasteiger partial charge is 0.443 e. The second-order valence-electron chi connectivity index (χ2n) is 9.73. The third-order valence-corrected chi connectivity index (χ3v) is 12.4. The van der Waals surface area contributed by atoms with Gasteiger partial charge in [0.1, 0.15) is 0 Å². The first-order valence-electron chi connectivity index (χ1n) is 15.5. The van der Waals surface area contributed by atoms with Crippen LogP contribution in [0.1, 0.15) is 54.4 Å². The van der Waals surface area contributed by atoms with Gasteiger partial charge < -0.3 is 46.7 Å². The maximum Gasteiger partial charge on any atom is 0.500 e. The molecule has 0 aliphatic carbocycles. The molecule has 0 aromatic heterocycles. The van der Waals surface area contributed by atoms with Crippen molar-refractivity contribution >= 4 is 29.8 Å². The zero-order valence-corrected chi connectivity index (χ0v) is 30.0. The summed E-state index contributed by atoms with van der Waals surface area (Å²) in [5.74, 6) is -25.5. The maximum absolute atomic E-state index is 14.2. The normalized spacial score (nSPS) is 13.4. The van der Waals surface area contributed by atoms with Crippen molar-refractivity contribution in [1.29, 1.82) is 0 Å². The molecular formula is C26H48F8N2O10Si2. The lowest BCUT2D eigenvalue weighted by Crippen LogP contribution is -2.64. The number of hydrogen-bond donors (Lipinski definition) is 2. The van der Waals surface area contributed by atoms with Gasteiger partial charge >= 0.3 is 53.5 Å². The Bertz CT molecular complexity index is 839. The van der Waals surface area contributed by atoms with Crippen molar-refractivity contribution in [2.45, 2.75) is 90.2 Å². The molecule has 0 aliphatic rings. The summed E-state index contributed by atoms with van der Waals surface area (Å²) < 4.78 is 155. The van der Waals surface area contributed by atoms with E-state index in [-0.39, 0.29) is 77.7 Å². The van der Waals surface area contributed by atoms with Gasteiger partial charge in [-0.3, -0.25) is 0 Å². The van der Waals surface area contributed by atoms with E-state index in [1.807, 2.05) is 10.6 Å². The zero-order chi connectivity index (χ0) is 37.1. The van der Waals surface area contributed by atoms with Gasteiger partial charge in [0.15, 0.2) is 13.2 Å². The Morgan fingerprint density at radius 3 is 0.979 bits per heavy atom. The number of alkyl halides is 8. The minimum absolute atomic E-state index is 0.0993. The number of rotatable bonds is 27. The van der Waals surface area contributed by atoms with Gasteiger partial charge in [-0.15, -0.1) is 0 Å². The number of hydrogen-bond acceptors (Lipinski definition) is 10. The van der Waals surface area contributed by atoms with E-state index in [9.17, 15) is 44.7 Å². The van der Waals surface area contributed by atoms with Crippen molar-refractivity contribution < 1.29 is 80.7 Å². The number of nitrogens with one attached hydrogen (secondary N) is 2. The van der Waals surface area contributed by atoms with E-state index in [0.717, 1.165) is 0 Å². The molecule has 0 bridgehead atoms. The molecule has 0 radical (unpaired) electrons. The molecule has 0 aromatic rings. The summed E-state index contributed by atoms with van der Waals surface area (Å²) in [6, 6.07) is 0.326. The Morgan fingerprint density at radius 2 is 0.750 bits per heavy atom. The molecule has 286 valence electrons. The summed E-state index contributed by atoms with van der Waals surface area (Å²) >= 11 is 0. The van der Waals surface area contributed by atoms with Crippen LogP contribution < -0.4 is 10.6 Å². The average Bonchev–Trinajstić information content (AvgIpc) is 3.00. The monoisotopic (exact) mass is 756 g/mol. The van der Waals surface area contributed by atoms with Crippen molar-refractivity contribution in [3.8, 4) is 0 Å². The highest BCUT2D eigenvalue weighted by molar-refractivity contribution is 6.61. The van der Waals surface area contributed by atoms with E-state index < -0.39 is 66.7 Å². The second-order valence-corrected chi connectivity index (χ2v) is 15.2. The minimum Gasteiger partial charge on any atom is -0.443 e. The van der Waals surface area contributed by atoms with Crippen molar-refractivity contribution in [3.63, 3.8) is 0 Å². The third kappa shape index (κ3) is 13.8. The van der Waals surface area contributed by atoms with Crippen LogP contribution in [0.2, 0.25) is 12.1 Å². The number of alkyl carbamates (subject to hydrolysis) is 2. The van der Waals surface area contributed by atoms with E-state index in [1.165, 1.54) is 0 Å². The van der Waals surface area contributed by atoms with Crippen LogP contribution in [0, 0.1) is 0 Å². The predicted octanol–water partition coefficient (Wildman–Crippen LogP) is 5.86. The number of halogens is 8. The molecule has 2 amide bonds. The van der Waals surface area contributed by atoms with E-state index in [0.29, 0.717) is 0 Å². The molecule has 48 heavy (non-hydrogen) atoms. The van der Waals surface area contributed by atoms with Crippen LogP contribution in [0.25, 0.3) is 0 Å². The summed E-state index contributed by atoms with van der Waals surface area (Å²) in [6.45, 7) is 5.74. The van der Waals surface area contributed by atoms with Gasteiger partial charge in [0.05, 0.1) is 0 Å². The Hall–Kier alpha value is -1.83. The highest BCUT2D eigenvalue weighted by Gasteiger charge is 2.81. The number of carbonyl (C=O) groups is 2. The van der Waals surface area contributed by atoms with Crippen molar-refractivity contribution in [2.24, 2.45) is 0 Å². The van der Waals surface area contributed by atoms with Gasteiger partial charge in [0.25, 0.3) is 0 Å². The summed E-state index contributed by atoms with van der Waals surface area (Å²) in [5, 5.41) is 3.90. The second kappa shape index (κ2) is 21.4. The molecule has 0 unspecified atom stereocenters. The number of carbonyl (C=O) groups excluding carboxylic acids is 2. The van der Waals surface area contributed by atoms with Gasteiger partial charge in [-0.1, -0.05) is 0 Å². The van der Waals surface area contributed by atoms with Crippen molar-refractivity contribution in [2.75, 3.05) is 65.9 Å². The molecule has 0 atom stereocenters. The highest BCUT2D eigenvalue weighted by atomic mass is 28.4. The first-order valence-corrected chi connectivity index (χ1v) is 19.3. The summed E-state index contributed by atoms with van der Waals surface area (Å²) in [5.41, 5.74) is 0. The van der Waals surface area contributed by atoms with Crippen molar-refractivity contribution in [1.82, 2.24) is 10.6 Å². The fourth-order valence-corrected chi connectivity index (χ4v) is 9.27. The minimum atomic E-state index is -6.76. The first kappa shape index (κ1) is 46.2. The van der Waals surface area contributed by atoms with E-state index >= 15 is 0 Å². The third-order valence-electron chi connectivity index (χ3n) is 6.13. The zero-order valence-electron chi connectivity index (χ0n) is 28.0. The van der Waals surface area contributed by atoms with Crippen LogP contribution in [0.4, 0.5) is 44.7 Å². The van der Waals surface area contributed by atoms with Crippen LogP contribution >= 0.6 is 0 Å². The highest BCUT2D eigenvalue weighted by Crippen LogP contribution is 2.52. The van der Waals surface area contributed by atoms with Crippen LogP contribution in [0.15, 0.2) is 0 Å². The topological polar surface area (TPSA) is 132 Å². The summed E-state index contributed by atoms with van der Waals surface area (Å²) in [6.07, 6.45) is -3.22. The molecule has 12 nitrogen and oxygen atoms in total. The van der Waals surface area contributed by atoms with Gasteiger partial charge in [-0.05, 0) is 54.4 Å². The van der Waals surface area contributed by atoms with Gasteiger partial charge in [-0.25, -0.2) is 9.59 Å². The largest absolute Gasteiger partial charge is 0.500 e. The Balaban J connectivity index is 5.08. The van der Waals surface area contributed by atoms with Gasteiger partial charge in [0.2, 0.25) is 0 Å². The van der Waals surface area contributed by atoms with E-state index in [1.54, 1.807) is 41.5 Å². The standard InChI is InChI=1S/C26H48F8N2O10Si2/c1-7-41-47(42-8-2,43-9-3)17-13-15-35-21(37)39-19-23(27,28)25(31,32)26(33,34)24(29,30)20-40-22(38)36-16-14-18-48(44-10-4,45-11-5)46-12-6/h7-20H2,1-6H3,(H,35,37)(H,36,38). The molecule has 0 aromatic carbocycles. The number of amides is 2.